The number of amides is 1. The van der Waals surface area contributed by atoms with Crippen LogP contribution in [0.15, 0.2) is 53.4 Å². The topological polar surface area (TPSA) is 60.9 Å². The lowest BCUT2D eigenvalue weighted by Crippen LogP contribution is -2.48. The summed E-state index contributed by atoms with van der Waals surface area (Å²) in [4.78, 5) is 16.1. The second-order valence-corrected chi connectivity index (χ2v) is 9.26. The molecule has 2 aromatic carbocycles. The first kappa shape index (κ1) is 19.0. The third kappa shape index (κ3) is 3.52. The fourth-order valence-electron chi connectivity index (χ4n) is 3.96. The van der Waals surface area contributed by atoms with Gasteiger partial charge < -0.3 is 9.80 Å². The molecule has 0 saturated carbocycles. The zero-order valence-electron chi connectivity index (χ0n) is 16.0. The molecule has 2 fully saturated rings. The van der Waals surface area contributed by atoms with Crippen LogP contribution in [0, 0.1) is 6.92 Å². The van der Waals surface area contributed by atoms with E-state index in [4.69, 9.17) is 0 Å². The summed E-state index contributed by atoms with van der Waals surface area (Å²) in [5.41, 5.74) is 3.14. The van der Waals surface area contributed by atoms with Crippen LogP contribution < -0.4 is 9.80 Å². The molecule has 2 aliphatic heterocycles. The molecular formula is C21H25N3O3S. The van der Waals surface area contributed by atoms with Crippen molar-refractivity contribution < 1.29 is 13.2 Å². The Hall–Kier alpha value is -2.38. The maximum absolute atomic E-state index is 13.0. The van der Waals surface area contributed by atoms with Crippen LogP contribution in [0.5, 0.6) is 0 Å². The minimum atomic E-state index is -3.53. The molecular weight excluding hydrogens is 374 g/mol. The van der Waals surface area contributed by atoms with Crippen molar-refractivity contribution in [3.8, 4) is 0 Å². The summed E-state index contributed by atoms with van der Waals surface area (Å²) in [5.74, 6) is 0.0999. The largest absolute Gasteiger partial charge is 0.369 e. The molecule has 2 saturated heterocycles. The molecule has 28 heavy (non-hydrogen) atoms. The smallest absolute Gasteiger partial charge is 0.243 e. The molecule has 0 atom stereocenters. The zero-order valence-corrected chi connectivity index (χ0v) is 16.9. The molecule has 148 valence electrons. The Morgan fingerprint density at radius 3 is 2.14 bits per heavy atom. The lowest BCUT2D eigenvalue weighted by atomic mass is 10.1. The molecule has 0 aromatic heterocycles. The highest BCUT2D eigenvalue weighted by molar-refractivity contribution is 7.89. The minimum Gasteiger partial charge on any atom is -0.369 e. The molecule has 0 unspecified atom stereocenters. The van der Waals surface area contributed by atoms with Gasteiger partial charge in [0.2, 0.25) is 15.9 Å². The van der Waals surface area contributed by atoms with Crippen LogP contribution in [-0.4, -0.2) is 51.4 Å². The second kappa shape index (κ2) is 7.56. The first-order chi connectivity index (χ1) is 13.5. The van der Waals surface area contributed by atoms with Crippen molar-refractivity contribution in [2.24, 2.45) is 0 Å². The monoisotopic (exact) mass is 399 g/mol. The number of piperazine rings is 1. The molecule has 0 spiro atoms. The van der Waals surface area contributed by atoms with Gasteiger partial charge in [-0.2, -0.15) is 4.31 Å². The predicted molar refractivity (Wildman–Crippen MR) is 110 cm³/mol. The van der Waals surface area contributed by atoms with Gasteiger partial charge in [0, 0.05) is 50.5 Å². The molecule has 1 amide bonds. The Balaban J connectivity index is 1.46. The van der Waals surface area contributed by atoms with E-state index in [1.807, 2.05) is 12.1 Å². The number of carbonyl (C=O) groups is 1. The Labute approximate surface area is 166 Å². The third-order valence-corrected chi connectivity index (χ3v) is 7.47. The molecule has 2 aliphatic rings. The SMILES string of the molecule is Cc1ccccc1N1CCN(S(=O)(=O)c2ccc(N3CCCC3=O)cc2)CC1. The first-order valence-corrected chi connectivity index (χ1v) is 11.1. The van der Waals surface area contributed by atoms with Crippen molar-refractivity contribution in [1.82, 2.24) is 4.31 Å². The van der Waals surface area contributed by atoms with Crippen LogP contribution in [-0.2, 0) is 14.8 Å². The number of sulfonamides is 1. The van der Waals surface area contributed by atoms with Crippen molar-refractivity contribution in [3.63, 3.8) is 0 Å². The Morgan fingerprint density at radius 2 is 1.54 bits per heavy atom. The van der Waals surface area contributed by atoms with E-state index in [-0.39, 0.29) is 10.8 Å². The summed E-state index contributed by atoms with van der Waals surface area (Å²) in [6, 6.07) is 14.9. The van der Waals surface area contributed by atoms with E-state index >= 15 is 0 Å². The van der Waals surface area contributed by atoms with Crippen LogP contribution in [0.4, 0.5) is 11.4 Å². The summed E-state index contributed by atoms with van der Waals surface area (Å²) in [5, 5.41) is 0. The number of benzene rings is 2. The maximum atomic E-state index is 13.0. The maximum Gasteiger partial charge on any atom is 0.243 e. The quantitative estimate of drug-likeness (QED) is 0.793. The van der Waals surface area contributed by atoms with Crippen LogP contribution in [0.1, 0.15) is 18.4 Å². The highest BCUT2D eigenvalue weighted by Gasteiger charge is 2.29. The summed E-state index contributed by atoms with van der Waals surface area (Å²) in [7, 11) is -3.53. The van der Waals surface area contributed by atoms with Gasteiger partial charge in [-0.15, -0.1) is 0 Å². The first-order valence-electron chi connectivity index (χ1n) is 9.68. The van der Waals surface area contributed by atoms with Gasteiger partial charge in [-0.3, -0.25) is 4.79 Å². The molecule has 6 nitrogen and oxygen atoms in total. The number of hydrogen-bond acceptors (Lipinski definition) is 4. The normalized spacial score (nSPS) is 18.7. The molecule has 2 aromatic rings. The van der Waals surface area contributed by atoms with Gasteiger partial charge in [-0.05, 0) is 49.2 Å². The van der Waals surface area contributed by atoms with Gasteiger partial charge in [0.1, 0.15) is 0 Å². The standard InChI is InChI=1S/C21H25N3O3S/c1-17-5-2-3-6-20(17)22-13-15-23(16-14-22)28(26,27)19-10-8-18(9-11-19)24-12-4-7-21(24)25/h2-3,5-6,8-11H,4,7,12-16H2,1H3. The van der Waals surface area contributed by atoms with Crippen molar-refractivity contribution >= 4 is 27.3 Å². The van der Waals surface area contributed by atoms with Crippen molar-refractivity contribution in [2.45, 2.75) is 24.7 Å². The van der Waals surface area contributed by atoms with Crippen molar-refractivity contribution in [1.29, 1.82) is 0 Å². The van der Waals surface area contributed by atoms with Crippen molar-refractivity contribution in [2.75, 3.05) is 42.5 Å². The van der Waals surface area contributed by atoms with E-state index in [0.717, 1.165) is 12.1 Å². The lowest BCUT2D eigenvalue weighted by molar-refractivity contribution is -0.117. The third-order valence-electron chi connectivity index (χ3n) is 5.55. The van der Waals surface area contributed by atoms with E-state index in [1.165, 1.54) is 11.3 Å². The van der Waals surface area contributed by atoms with Gasteiger partial charge >= 0.3 is 0 Å². The number of anilines is 2. The molecule has 0 radical (unpaired) electrons. The highest BCUT2D eigenvalue weighted by atomic mass is 32.2. The number of aryl methyl sites for hydroxylation is 1. The molecule has 0 bridgehead atoms. The number of nitrogens with zero attached hydrogens (tertiary/aromatic N) is 3. The van der Waals surface area contributed by atoms with Gasteiger partial charge in [0.25, 0.3) is 0 Å². The van der Waals surface area contributed by atoms with E-state index < -0.39 is 10.0 Å². The zero-order chi connectivity index (χ0) is 19.7. The number of para-hydroxylation sites is 1. The van der Waals surface area contributed by atoms with Crippen LogP contribution in [0.2, 0.25) is 0 Å². The average Bonchev–Trinajstić information content (AvgIpc) is 3.14. The molecule has 0 aliphatic carbocycles. The molecule has 4 rings (SSSR count). The van der Waals surface area contributed by atoms with Gasteiger partial charge in [0.05, 0.1) is 4.90 Å². The second-order valence-electron chi connectivity index (χ2n) is 7.32. The fraction of sp³-hybridized carbons (Fsp3) is 0.381. The number of carbonyl (C=O) groups excluding carboxylic acids is 1. The lowest BCUT2D eigenvalue weighted by Gasteiger charge is -2.36. The van der Waals surface area contributed by atoms with Crippen LogP contribution >= 0.6 is 0 Å². The van der Waals surface area contributed by atoms with E-state index in [0.29, 0.717) is 39.1 Å². The number of hydrogen-bond donors (Lipinski definition) is 0. The average molecular weight is 400 g/mol. The van der Waals surface area contributed by atoms with Gasteiger partial charge in [-0.25, -0.2) is 8.42 Å². The molecule has 0 N–H and O–H groups in total. The Morgan fingerprint density at radius 1 is 0.857 bits per heavy atom. The molecule has 7 heteroatoms. The Bertz CT molecular complexity index is 965. The Kier molecular flexibility index (Phi) is 5.12. The predicted octanol–water partition coefficient (Wildman–Crippen LogP) is 2.63. The summed E-state index contributed by atoms with van der Waals surface area (Å²) >= 11 is 0. The van der Waals surface area contributed by atoms with Crippen LogP contribution in [0.25, 0.3) is 0 Å². The van der Waals surface area contributed by atoms with E-state index in [1.54, 1.807) is 33.5 Å². The fourth-order valence-corrected chi connectivity index (χ4v) is 5.38. The van der Waals surface area contributed by atoms with Gasteiger partial charge in [0.15, 0.2) is 0 Å². The summed E-state index contributed by atoms with van der Waals surface area (Å²) in [6.45, 7) is 5.04. The van der Waals surface area contributed by atoms with E-state index in [2.05, 4.69) is 24.0 Å². The van der Waals surface area contributed by atoms with E-state index in [9.17, 15) is 13.2 Å². The van der Waals surface area contributed by atoms with Crippen LogP contribution in [0.3, 0.4) is 0 Å². The van der Waals surface area contributed by atoms with Gasteiger partial charge in [-0.1, -0.05) is 18.2 Å². The summed E-state index contributed by atoms with van der Waals surface area (Å²) < 4.78 is 27.6. The minimum absolute atomic E-state index is 0.0999. The number of rotatable bonds is 4. The summed E-state index contributed by atoms with van der Waals surface area (Å²) in [6.07, 6.45) is 1.41. The molecule has 2 heterocycles. The highest BCUT2D eigenvalue weighted by Crippen LogP contribution is 2.26. The van der Waals surface area contributed by atoms with Crippen molar-refractivity contribution in [3.05, 3.63) is 54.1 Å².